The van der Waals surface area contributed by atoms with Crippen LogP contribution in [-0.4, -0.2) is 6.54 Å². The summed E-state index contributed by atoms with van der Waals surface area (Å²) in [5, 5.41) is 3.11. The van der Waals surface area contributed by atoms with Crippen LogP contribution < -0.4 is 5.32 Å². The Morgan fingerprint density at radius 3 is 2.78 bits per heavy atom. The average molecular weight is 318 g/mol. The van der Waals surface area contributed by atoms with Crippen molar-refractivity contribution >= 4 is 21.6 Å². The van der Waals surface area contributed by atoms with E-state index in [0.29, 0.717) is 16.1 Å². The van der Waals surface area contributed by atoms with Gasteiger partial charge in [-0.1, -0.05) is 19.8 Å². The van der Waals surface area contributed by atoms with Gasteiger partial charge in [0.2, 0.25) is 0 Å². The van der Waals surface area contributed by atoms with Crippen LogP contribution in [0.3, 0.4) is 0 Å². The fourth-order valence-electron chi connectivity index (χ4n) is 2.70. The number of benzene rings is 1. The summed E-state index contributed by atoms with van der Waals surface area (Å²) in [5.74, 6) is 0.249. The number of hydrogen-bond acceptors (Lipinski definition) is 1. The molecule has 0 spiro atoms. The first-order valence-corrected chi connectivity index (χ1v) is 7.24. The molecule has 2 rings (SSSR count). The van der Waals surface area contributed by atoms with Crippen molar-refractivity contribution < 1.29 is 8.78 Å². The minimum absolute atomic E-state index is 0.370. The molecule has 0 bridgehead atoms. The highest BCUT2D eigenvalue weighted by atomic mass is 79.9. The zero-order chi connectivity index (χ0) is 13.1. The first-order chi connectivity index (χ1) is 8.56. The lowest BCUT2D eigenvalue weighted by Crippen LogP contribution is -2.21. The van der Waals surface area contributed by atoms with Crippen molar-refractivity contribution in [3.05, 3.63) is 28.2 Å². The van der Waals surface area contributed by atoms with Gasteiger partial charge in [-0.3, -0.25) is 0 Å². The molecule has 2 atom stereocenters. The maximum absolute atomic E-state index is 13.6. The van der Waals surface area contributed by atoms with E-state index in [1.165, 1.54) is 31.7 Å². The van der Waals surface area contributed by atoms with E-state index < -0.39 is 11.6 Å². The van der Waals surface area contributed by atoms with Crippen LogP contribution in [0.2, 0.25) is 0 Å². The summed E-state index contributed by atoms with van der Waals surface area (Å²) in [5.41, 5.74) is 0.370. The van der Waals surface area contributed by atoms with Crippen molar-refractivity contribution in [3.8, 4) is 0 Å². The molecule has 1 fully saturated rings. The molecule has 0 aliphatic heterocycles. The van der Waals surface area contributed by atoms with E-state index in [1.54, 1.807) is 0 Å². The third kappa shape index (κ3) is 3.44. The van der Waals surface area contributed by atoms with Crippen molar-refractivity contribution in [3.63, 3.8) is 0 Å². The third-order valence-corrected chi connectivity index (χ3v) is 4.24. The summed E-state index contributed by atoms with van der Waals surface area (Å²) in [6, 6.07) is 2.20. The van der Waals surface area contributed by atoms with Gasteiger partial charge in [0, 0.05) is 17.1 Å². The van der Waals surface area contributed by atoms with Gasteiger partial charge in [-0.25, -0.2) is 8.78 Å². The maximum Gasteiger partial charge on any atom is 0.150 e. The van der Waals surface area contributed by atoms with Crippen LogP contribution in [0.5, 0.6) is 0 Å². The van der Waals surface area contributed by atoms with Gasteiger partial charge in [0.15, 0.2) is 0 Å². The number of hydrogen-bond donors (Lipinski definition) is 1. The zero-order valence-electron chi connectivity index (χ0n) is 10.5. The van der Waals surface area contributed by atoms with E-state index in [9.17, 15) is 8.78 Å². The number of nitrogens with one attached hydrogen (secondary N) is 1. The topological polar surface area (TPSA) is 12.0 Å². The van der Waals surface area contributed by atoms with E-state index in [4.69, 9.17) is 0 Å². The molecule has 0 heterocycles. The Hall–Kier alpha value is -0.640. The Morgan fingerprint density at radius 2 is 2.11 bits per heavy atom. The van der Waals surface area contributed by atoms with Crippen LogP contribution in [0.1, 0.15) is 32.6 Å². The summed E-state index contributed by atoms with van der Waals surface area (Å²) < 4.78 is 27.0. The number of halogens is 3. The largest absolute Gasteiger partial charge is 0.381 e. The molecule has 1 aromatic carbocycles. The zero-order valence-corrected chi connectivity index (χ0v) is 12.1. The number of anilines is 1. The lowest BCUT2D eigenvalue weighted by Gasteiger charge is -2.27. The summed E-state index contributed by atoms with van der Waals surface area (Å²) in [4.78, 5) is 0. The predicted octanol–water partition coefficient (Wildman–Crippen LogP) is 4.97. The normalized spacial score (nSPS) is 24.0. The lowest BCUT2D eigenvalue weighted by molar-refractivity contribution is 0.293. The molecule has 1 aliphatic rings. The van der Waals surface area contributed by atoms with Crippen LogP contribution >= 0.6 is 15.9 Å². The standard InChI is InChI=1S/C14H18BrF2N/c1-9-3-2-4-10(5-9)8-18-14-12(15)6-11(16)7-13(14)17/h6-7,9-10,18H,2-5,8H2,1H3. The summed E-state index contributed by atoms with van der Waals surface area (Å²) in [7, 11) is 0. The lowest BCUT2D eigenvalue weighted by atomic mass is 9.82. The highest BCUT2D eigenvalue weighted by molar-refractivity contribution is 9.10. The van der Waals surface area contributed by atoms with Crippen molar-refractivity contribution in [2.75, 3.05) is 11.9 Å². The van der Waals surface area contributed by atoms with Gasteiger partial charge in [-0.15, -0.1) is 0 Å². The Balaban J connectivity index is 1.97. The Morgan fingerprint density at radius 1 is 1.33 bits per heavy atom. The van der Waals surface area contributed by atoms with Gasteiger partial charge < -0.3 is 5.32 Å². The van der Waals surface area contributed by atoms with Crippen LogP contribution in [-0.2, 0) is 0 Å². The van der Waals surface area contributed by atoms with E-state index in [-0.39, 0.29) is 0 Å². The van der Waals surface area contributed by atoms with Gasteiger partial charge in [0.1, 0.15) is 11.6 Å². The second-order valence-corrected chi connectivity index (χ2v) is 6.12. The smallest absolute Gasteiger partial charge is 0.150 e. The second-order valence-electron chi connectivity index (χ2n) is 5.26. The van der Waals surface area contributed by atoms with Gasteiger partial charge >= 0.3 is 0 Å². The molecular weight excluding hydrogens is 300 g/mol. The van der Waals surface area contributed by atoms with Crippen molar-refractivity contribution in [2.45, 2.75) is 32.6 Å². The quantitative estimate of drug-likeness (QED) is 0.830. The van der Waals surface area contributed by atoms with Crippen LogP contribution in [0.4, 0.5) is 14.5 Å². The van der Waals surface area contributed by atoms with Gasteiger partial charge in [0.25, 0.3) is 0 Å². The molecule has 2 unspecified atom stereocenters. The highest BCUT2D eigenvalue weighted by Gasteiger charge is 2.19. The third-order valence-electron chi connectivity index (χ3n) is 3.62. The van der Waals surface area contributed by atoms with Crippen molar-refractivity contribution in [1.29, 1.82) is 0 Å². The summed E-state index contributed by atoms with van der Waals surface area (Å²) in [6.45, 7) is 3.02. The van der Waals surface area contributed by atoms with E-state index in [0.717, 1.165) is 18.5 Å². The molecule has 4 heteroatoms. The molecular formula is C14H18BrF2N. The minimum Gasteiger partial charge on any atom is -0.381 e. The molecule has 0 saturated heterocycles. The minimum atomic E-state index is -0.559. The Bertz CT molecular complexity index is 399. The second kappa shape index (κ2) is 6.00. The van der Waals surface area contributed by atoms with Gasteiger partial charge in [-0.2, -0.15) is 0 Å². The van der Waals surface area contributed by atoms with Crippen molar-refractivity contribution in [1.82, 2.24) is 0 Å². The van der Waals surface area contributed by atoms with Crippen LogP contribution in [0, 0.1) is 23.5 Å². The average Bonchev–Trinajstić information content (AvgIpc) is 2.27. The summed E-state index contributed by atoms with van der Waals surface area (Å²) >= 11 is 3.19. The summed E-state index contributed by atoms with van der Waals surface area (Å²) in [6.07, 6.45) is 4.93. The predicted molar refractivity (Wildman–Crippen MR) is 73.7 cm³/mol. The van der Waals surface area contributed by atoms with Crippen LogP contribution in [0.15, 0.2) is 16.6 Å². The maximum atomic E-state index is 13.6. The van der Waals surface area contributed by atoms with Crippen LogP contribution in [0.25, 0.3) is 0 Å². The molecule has 100 valence electrons. The Labute approximate surface area is 115 Å². The van der Waals surface area contributed by atoms with E-state index in [2.05, 4.69) is 28.2 Å². The molecule has 1 saturated carbocycles. The molecule has 1 nitrogen and oxygen atoms in total. The molecule has 1 N–H and O–H groups in total. The Kier molecular flexibility index (Phi) is 4.60. The van der Waals surface area contributed by atoms with Crippen molar-refractivity contribution in [2.24, 2.45) is 11.8 Å². The van der Waals surface area contributed by atoms with Gasteiger partial charge in [-0.05, 0) is 46.7 Å². The molecule has 0 radical (unpaired) electrons. The highest BCUT2D eigenvalue weighted by Crippen LogP contribution is 2.31. The fraction of sp³-hybridized carbons (Fsp3) is 0.571. The van der Waals surface area contributed by atoms with Gasteiger partial charge in [0.05, 0.1) is 5.69 Å². The molecule has 1 aromatic rings. The molecule has 18 heavy (non-hydrogen) atoms. The first-order valence-electron chi connectivity index (χ1n) is 6.44. The first kappa shape index (κ1) is 13.8. The fourth-order valence-corrected chi connectivity index (χ4v) is 3.25. The van der Waals surface area contributed by atoms with E-state index >= 15 is 0 Å². The molecule has 0 aromatic heterocycles. The molecule has 0 amide bonds. The number of rotatable bonds is 3. The SMILES string of the molecule is CC1CCCC(CNc2c(F)cc(F)cc2Br)C1. The monoisotopic (exact) mass is 317 g/mol. The van der Waals surface area contributed by atoms with E-state index in [1.807, 2.05) is 0 Å². The molecule has 1 aliphatic carbocycles.